The molecular weight excluding hydrogens is 320 g/mol. The molecule has 2 fully saturated rings. The average molecular weight is 346 g/mol. The minimum absolute atomic E-state index is 0.00525. The van der Waals surface area contributed by atoms with Crippen molar-refractivity contribution >= 4 is 22.1 Å². The molecule has 1 N–H and O–H groups in total. The minimum atomic E-state index is -2.90. The van der Waals surface area contributed by atoms with Crippen LogP contribution in [0.1, 0.15) is 37.9 Å². The Morgan fingerprint density at radius 1 is 1.32 bits per heavy atom. The first-order chi connectivity index (χ1) is 10.4. The van der Waals surface area contributed by atoms with Crippen molar-refractivity contribution in [2.24, 2.45) is 13.0 Å². The first-order valence-electron chi connectivity index (χ1n) is 8.03. The van der Waals surface area contributed by atoms with Crippen LogP contribution in [0.15, 0.2) is 0 Å². The molecule has 0 radical (unpaired) electrons. The van der Waals surface area contributed by atoms with E-state index >= 15 is 0 Å². The Hall–Kier alpha value is -0.730. The van der Waals surface area contributed by atoms with E-state index in [9.17, 15) is 8.42 Å². The lowest BCUT2D eigenvalue weighted by Gasteiger charge is -2.26. The highest BCUT2D eigenvalue weighted by atomic mass is 32.2. The molecule has 2 aliphatic rings. The zero-order chi connectivity index (χ0) is 15.9. The van der Waals surface area contributed by atoms with Crippen molar-refractivity contribution in [3.05, 3.63) is 10.6 Å². The fraction of sp³-hybridized carbons (Fsp3) is 0.857. The summed E-state index contributed by atoms with van der Waals surface area (Å²) >= 11 is 5.50. The molecule has 0 amide bonds. The van der Waals surface area contributed by atoms with Gasteiger partial charge < -0.3 is 9.47 Å². The summed E-state index contributed by atoms with van der Waals surface area (Å²) in [5.74, 6) is 2.12. The van der Waals surface area contributed by atoms with Crippen molar-refractivity contribution in [1.82, 2.24) is 14.3 Å². The molecule has 22 heavy (non-hydrogen) atoms. The van der Waals surface area contributed by atoms with Gasteiger partial charge in [-0.25, -0.2) is 8.42 Å². The molecule has 0 bridgehead atoms. The van der Waals surface area contributed by atoms with Crippen LogP contribution in [0.2, 0.25) is 0 Å². The van der Waals surface area contributed by atoms with Crippen molar-refractivity contribution < 1.29 is 13.3 Å². The van der Waals surface area contributed by atoms with Crippen molar-refractivity contribution in [2.75, 3.05) is 24.6 Å². The third kappa shape index (κ3) is 3.28. The molecule has 3 rings (SSSR count). The van der Waals surface area contributed by atoms with E-state index in [-0.39, 0.29) is 17.4 Å². The molecule has 3 heterocycles. The van der Waals surface area contributed by atoms with Gasteiger partial charge in [-0.05, 0) is 37.4 Å². The summed E-state index contributed by atoms with van der Waals surface area (Å²) < 4.78 is 27.9. The highest BCUT2D eigenvalue weighted by Gasteiger charge is 2.32. The summed E-state index contributed by atoms with van der Waals surface area (Å²) in [4.78, 5) is 1.51. The van der Waals surface area contributed by atoms with E-state index in [1.807, 2.05) is 16.3 Å². The van der Waals surface area contributed by atoms with Crippen LogP contribution >= 0.6 is 12.2 Å². The summed E-state index contributed by atoms with van der Waals surface area (Å²) in [6, 6.07) is 0. The van der Waals surface area contributed by atoms with Crippen molar-refractivity contribution in [3.63, 3.8) is 0 Å². The lowest BCUT2D eigenvalue weighted by Crippen LogP contribution is -3.12. The van der Waals surface area contributed by atoms with Gasteiger partial charge >= 0.3 is 0 Å². The maximum Gasteiger partial charge on any atom is 0.202 e. The number of hydrogen-bond donors (Lipinski definition) is 1. The molecule has 0 aliphatic carbocycles. The molecule has 6 nitrogen and oxygen atoms in total. The third-order valence-electron chi connectivity index (χ3n) is 5.03. The Morgan fingerprint density at radius 3 is 2.59 bits per heavy atom. The summed E-state index contributed by atoms with van der Waals surface area (Å²) in [5, 5.41) is 4.66. The fourth-order valence-corrected chi connectivity index (χ4v) is 5.44. The van der Waals surface area contributed by atoms with E-state index in [2.05, 4.69) is 12.0 Å². The summed E-state index contributed by atoms with van der Waals surface area (Å²) in [5.41, 5.74) is 0. The van der Waals surface area contributed by atoms with Crippen molar-refractivity contribution in [1.29, 1.82) is 0 Å². The summed E-state index contributed by atoms with van der Waals surface area (Å²) in [6.07, 6.45) is 3.17. The Bertz CT molecular complexity index is 699. The number of nitrogens with one attached hydrogen (secondary N) is 1. The van der Waals surface area contributed by atoms with E-state index in [4.69, 9.17) is 12.2 Å². The lowest BCUT2D eigenvalue weighted by atomic mass is 10.00. The third-order valence-corrected chi connectivity index (χ3v) is 7.28. The molecule has 8 heteroatoms. The number of piperidine rings is 1. The number of hydrogen-bond acceptors (Lipinski definition) is 4. The summed E-state index contributed by atoms with van der Waals surface area (Å²) in [7, 11) is -0.997. The average Bonchev–Trinajstić information content (AvgIpc) is 2.96. The van der Waals surface area contributed by atoms with Crippen LogP contribution in [0.25, 0.3) is 0 Å². The molecular formula is C14H25N4O2S2+. The second kappa shape index (κ2) is 6.05. The van der Waals surface area contributed by atoms with Gasteiger partial charge in [0.15, 0.2) is 16.5 Å². The van der Waals surface area contributed by atoms with Crippen molar-refractivity contribution in [2.45, 2.75) is 38.8 Å². The minimum Gasteiger partial charge on any atom is -0.316 e. The Kier molecular flexibility index (Phi) is 4.44. The maximum atomic E-state index is 11.7. The Balaban J connectivity index is 1.76. The zero-order valence-corrected chi connectivity index (χ0v) is 14.9. The topological polar surface area (TPSA) is 61.3 Å². The highest BCUT2D eigenvalue weighted by molar-refractivity contribution is 7.91. The van der Waals surface area contributed by atoms with E-state index in [0.717, 1.165) is 31.5 Å². The predicted octanol–water partition coefficient (Wildman–Crippen LogP) is 0.125. The van der Waals surface area contributed by atoms with E-state index in [1.165, 1.54) is 17.7 Å². The molecule has 0 spiro atoms. The molecule has 1 aromatic heterocycles. The van der Waals surface area contributed by atoms with Crippen LogP contribution in [0.3, 0.4) is 0 Å². The van der Waals surface area contributed by atoms with Gasteiger partial charge in [0, 0.05) is 13.0 Å². The molecule has 124 valence electrons. The molecule has 2 aliphatic heterocycles. The van der Waals surface area contributed by atoms with E-state index in [1.54, 1.807) is 0 Å². The lowest BCUT2D eigenvalue weighted by molar-refractivity contribution is -0.929. The van der Waals surface area contributed by atoms with E-state index in [0.29, 0.717) is 11.2 Å². The molecule has 0 unspecified atom stereocenters. The highest BCUT2D eigenvalue weighted by Crippen LogP contribution is 2.27. The molecule has 2 saturated heterocycles. The molecule has 1 atom stereocenters. The van der Waals surface area contributed by atoms with Crippen LogP contribution in [0.5, 0.6) is 0 Å². The number of likely N-dealkylation sites (tertiary alicyclic amines) is 1. The second-order valence-corrected chi connectivity index (χ2v) is 9.48. The molecule has 1 aromatic rings. The van der Waals surface area contributed by atoms with Gasteiger partial charge in [0.1, 0.15) is 5.82 Å². The zero-order valence-electron chi connectivity index (χ0n) is 13.3. The van der Waals surface area contributed by atoms with Gasteiger partial charge in [0.05, 0.1) is 24.6 Å². The van der Waals surface area contributed by atoms with Gasteiger partial charge in [0.25, 0.3) is 0 Å². The second-order valence-electron chi connectivity index (χ2n) is 6.89. The van der Waals surface area contributed by atoms with Gasteiger partial charge in [-0.3, -0.25) is 0 Å². The quantitative estimate of drug-likeness (QED) is 0.791. The van der Waals surface area contributed by atoms with Gasteiger partial charge in [-0.2, -0.15) is 9.78 Å². The van der Waals surface area contributed by atoms with Crippen LogP contribution in [0.4, 0.5) is 0 Å². The molecule has 0 aromatic carbocycles. The van der Waals surface area contributed by atoms with E-state index < -0.39 is 9.84 Å². The maximum absolute atomic E-state index is 11.7. The van der Waals surface area contributed by atoms with Crippen LogP contribution in [-0.2, 0) is 23.6 Å². The normalized spacial score (nSPS) is 31.5. The van der Waals surface area contributed by atoms with Gasteiger partial charge in [-0.15, -0.1) is 0 Å². The SMILES string of the molecule is CC1CC[NH+](Cn2nc([C@H]3CCS(=O)(=O)C3)n(C)c2=S)CC1. The largest absolute Gasteiger partial charge is 0.316 e. The smallest absolute Gasteiger partial charge is 0.202 e. The van der Waals surface area contributed by atoms with Crippen LogP contribution in [0, 0.1) is 10.7 Å². The summed E-state index contributed by atoms with van der Waals surface area (Å²) in [6.45, 7) is 5.42. The number of aromatic nitrogens is 3. The number of rotatable bonds is 3. The first kappa shape index (κ1) is 16.1. The van der Waals surface area contributed by atoms with Gasteiger partial charge in [0.2, 0.25) is 4.77 Å². The Labute approximate surface area is 137 Å². The fourth-order valence-electron chi connectivity index (χ4n) is 3.50. The number of sulfone groups is 1. The van der Waals surface area contributed by atoms with Gasteiger partial charge in [-0.1, -0.05) is 6.92 Å². The molecule has 0 saturated carbocycles. The first-order valence-corrected chi connectivity index (χ1v) is 10.3. The Morgan fingerprint density at radius 2 is 2.00 bits per heavy atom. The number of nitrogens with zero attached hydrogens (tertiary/aromatic N) is 3. The standard InChI is InChI=1S/C14H24N4O2S2/c1-11-3-6-17(7-4-11)10-18-14(21)16(2)13(15-18)12-5-8-22(19,20)9-12/h11-12H,3-10H2,1-2H3/p+1/t12-/m0/s1. The van der Waals surface area contributed by atoms with Crippen molar-refractivity contribution in [3.8, 4) is 0 Å². The van der Waals surface area contributed by atoms with Crippen LogP contribution < -0.4 is 4.90 Å². The monoisotopic (exact) mass is 345 g/mol. The van der Waals surface area contributed by atoms with Crippen LogP contribution in [-0.4, -0.2) is 47.4 Å². The predicted molar refractivity (Wildman–Crippen MR) is 87.1 cm³/mol. The number of quaternary nitrogens is 1.